The van der Waals surface area contributed by atoms with E-state index in [-0.39, 0.29) is 10.1 Å². The highest BCUT2D eigenvalue weighted by Crippen LogP contribution is 2.30. The molecule has 1 unspecified atom stereocenters. The molecule has 1 aliphatic heterocycles. The number of hydrogen-bond acceptors (Lipinski definition) is 4. The van der Waals surface area contributed by atoms with Crippen LogP contribution in [-0.4, -0.2) is 38.9 Å². The molecule has 2 rings (SSSR count). The number of likely N-dealkylation sites (N-methyl/N-ethyl adjacent to an activating group) is 1. The van der Waals surface area contributed by atoms with Crippen molar-refractivity contribution >= 4 is 43.2 Å². The van der Waals surface area contributed by atoms with E-state index in [2.05, 4.69) is 20.7 Å². The van der Waals surface area contributed by atoms with Gasteiger partial charge in [0.25, 0.3) is 10.0 Å². The summed E-state index contributed by atoms with van der Waals surface area (Å²) in [4.78, 5) is 13.2. The number of amides is 1. The minimum atomic E-state index is -3.61. The maximum Gasteiger partial charge on any atom is 0.250 e. The van der Waals surface area contributed by atoms with Gasteiger partial charge in [0.1, 0.15) is 10.3 Å². The molecule has 1 fully saturated rings. The van der Waals surface area contributed by atoms with Crippen molar-refractivity contribution < 1.29 is 13.2 Å². The summed E-state index contributed by atoms with van der Waals surface area (Å²) in [5, 5.41) is 0. The lowest BCUT2D eigenvalue weighted by Crippen LogP contribution is -2.40. The quantitative estimate of drug-likeness (QED) is 0.892. The number of rotatable bonds is 3. The van der Waals surface area contributed by atoms with Gasteiger partial charge in [0.2, 0.25) is 5.91 Å². The molecule has 18 heavy (non-hydrogen) atoms. The zero-order valence-electron chi connectivity index (χ0n) is 9.94. The van der Waals surface area contributed by atoms with E-state index in [9.17, 15) is 13.2 Å². The van der Waals surface area contributed by atoms with Crippen molar-refractivity contribution in [2.45, 2.75) is 23.6 Å². The number of sulfonamides is 1. The summed E-state index contributed by atoms with van der Waals surface area (Å²) in [5.74, 6) is -0.175. The smallest absolute Gasteiger partial charge is 0.250 e. The third-order valence-corrected chi connectivity index (χ3v) is 6.91. The van der Waals surface area contributed by atoms with Crippen LogP contribution in [0.25, 0.3) is 0 Å². The van der Waals surface area contributed by atoms with Gasteiger partial charge in [-0.1, -0.05) is 0 Å². The second-order valence-corrected chi connectivity index (χ2v) is 8.56. The standard InChI is InChI=1S/C10H13BrN2O3S2/c1-6-5-8(17-9(6)11)18(15,16)12-7-3-4-13(2)10(7)14/h5,7,12H,3-4H2,1-2H3. The van der Waals surface area contributed by atoms with E-state index in [1.54, 1.807) is 13.1 Å². The second-order valence-electron chi connectivity index (χ2n) is 4.24. The molecule has 5 nitrogen and oxygen atoms in total. The van der Waals surface area contributed by atoms with Gasteiger partial charge in [0.05, 0.1) is 3.79 Å². The van der Waals surface area contributed by atoms with E-state index in [1.807, 2.05) is 6.92 Å². The molecular formula is C10H13BrN2O3S2. The highest BCUT2D eigenvalue weighted by Gasteiger charge is 2.33. The number of nitrogens with one attached hydrogen (secondary N) is 1. The van der Waals surface area contributed by atoms with Crippen LogP contribution in [0.15, 0.2) is 14.1 Å². The van der Waals surface area contributed by atoms with Gasteiger partial charge in [-0.15, -0.1) is 11.3 Å². The molecule has 0 radical (unpaired) electrons. The van der Waals surface area contributed by atoms with Crippen LogP contribution in [0.5, 0.6) is 0 Å². The number of likely N-dealkylation sites (tertiary alicyclic amines) is 1. The summed E-state index contributed by atoms with van der Waals surface area (Å²) in [5.41, 5.74) is 0.871. The number of thiophene rings is 1. The summed E-state index contributed by atoms with van der Waals surface area (Å²) in [6.45, 7) is 2.41. The van der Waals surface area contributed by atoms with E-state index in [4.69, 9.17) is 0 Å². The number of carbonyl (C=O) groups excluding carboxylic acids is 1. The first kappa shape index (κ1) is 14.0. The van der Waals surface area contributed by atoms with Crippen LogP contribution in [0.2, 0.25) is 0 Å². The number of halogens is 1. The average molecular weight is 353 g/mol. The van der Waals surface area contributed by atoms with Crippen LogP contribution in [0, 0.1) is 6.92 Å². The van der Waals surface area contributed by atoms with Crippen molar-refractivity contribution in [3.63, 3.8) is 0 Å². The first-order chi connectivity index (χ1) is 8.31. The van der Waals surface area contributed by atoms with E-state index in [1.165, 1.54) is 4.90 Å². The zero-order valence-corrected chi connectivity index (χ0v) is 13.2. The summed E-state index contributed by atoms with van der Waals surface area (Å²) < 4.78 is 27.7. The normalized spacial score (nSPS) is 20.7. The van der Waals surface area contributed by atoms with Crippen LogP contribution in [0.1, 0.15) is 12.0 Å². The Labute approximate surface area is 118 Å². The van der Waals surface area contributed by atoms with Crippen LogP contribution in [0.4, 0.5) is 0 Å². The highest BCUT2D eigenvalue weighted by molar-refractivity contribution is 9.11. The molecule has 1 aromatic rings. The Hall–Kier alpha value is -0.440. The van der Waals surface area contributed by atoms with Gasteiger partial charge < -0.3 is 4.90 Å². The van der Waals surface area contributed by atoms with E-state index >= 15 is 0 Å². The SMILES string of the molecule is Cc1cc(S(=O)(=O)NC2CCN(C)C2=O)sc1Br. The Balaban J connectivity index is 2.20. The van der Waals surface area contributed by atoms with Gasteiger partial charge in [0.15, 0.2) is 0 Å². The van der Waals surface area contributed by atoms with Gasteiger partial charge in [-0.05, 0) is 40.9 Å². The van der Waals surface area contributed by atoms with Crippen LogP contribution in [0.3, 0.4) is 0 Å². The molecule has 0 saturated carbocycles. The number of carbonyl (C=O) groups is 1. The maximum absolute atomic E-state index is 12.1. The minimum absolute atomic E-state index is 0.175. The fraction of sp³-hybridized carbons (Fsp3) is 0.500. The Morgan fingerprint density at radius 1 is 1.56 bits per heavy atom. The Morgan fingerprint density at radius 3 is 2.67 bits per heavy atom. The minimum Gasteiger partial charge on any atom is -0.344 e. The fourth-order valence-electron chi connectivity index (χ4n) is 1.74. The van der Waals surface area contributed by atoms with Gasteiger partial charge in [-0.2, -0.15) is 4.72 Å². The largest absolute Gasteiger partial charge is 0.344 e. The van der Waals surface area contributed by atoms with Gasteiger partial charge in [0, 0.05) is 13.6 Å². The fourth-order valence-corrected chi connectivity index (χ4v) is 5.21. The molecule has 1 N–H and O–H groups in total. The van der Waals surface area contributed by atoms with Crippen molar-refractivity contribution in [2.75, 3.05) is 13.6 Å². The Kier molecular flexibility index (Phi) is 3.82. The lowest BCUT2D eigenvalue weighted by molar-refractivity contribution is -0.127. The monoisotopic (exact) mass is 352 g/mol. The first-order valence-electron chi connectivity index (χ1n) is 5.34. The van der Waals surface area contributed by atoms with E-state index < -0.39 is 16.1 Å². The van der Waals surface area contributed by atoms with Crippen LogP contribution in [-0.2, 0) is 14.8 Å². The number of aryl methyl sites for hydroxylation is 1. The van der Waals surface area contributed by atoms with Crippen molar-refractivity contribution in [1.29, 1.82) is 0 Å². The zero-order chi connectivity index (χ0) is 13.5. The molecule has 0 aromatic carbocycles. The van der Waals surface area contributed by atoms with Crippen LogP contribution >= 0.6 is 27.3 Å². The molecule has 1 aliphatic rings. The molecule has 1 saturated heterocycles. The average Bonchev–Trinajstić information content (AvgIpc) is 2.77. The Morgan fingerprint density at radius 2 is 2.22 bits per heavy atom. The third-order valence-electron chi connectivity index (χ3n) is 2.82. The molecule has 8 heteroatoms. The molecule has 1 aromatic heterocycles. The maximum atomic E-state index is 12.1. The second kappa shape index (κ2) is 4.92. The molecule has 0 spiro atoms. The van der Waals surface area contributed by atoms with Crippen molar-refractivity contribution in [2.24, 2.45) is 0 Å². The topological polar surface area (TPSA) is 66.5 Å². The Bertz CT molecular complexity index is 562. The number of nitrogens with zero attached hydrogens (tertiary/aromatic N) is 1. The lowest BCUT2D eigenvalue weighted by Gasteiger charge is -2.11. The molecular weight excluding hydrogens is 340 g/mol. The predicted molar refractivity (Wildman–Crippen MR) is 73.1 cm³/mol. The highest BCUT2D eigenvalue weighted by atomic mass is 79.9. The molecule has 1 amide bonds. The molecule has 100 valence electrons. The number of hydrogen-bond donors (Lipinski definition) is 1. The first-order valence-corrected chi connectivity index (χ1v) is 8.44. The molecule has 1 atom stereocenters. The molecule has 2 heterocycles. The van der Waals surface area contributed by atoms with Crippen LogP contribution < -0.4 is 4.72 Å². The van der Waals surface area contributed by atoms with Crippen molar-refractivity contribution in [3.8, 4) is 0 Å². The third kappa shape index (κ3) is 2.61. The summed E-state index contributed by atoms with van der Waals surface area (Å²) in [6, 6.07) is 0.960. The summed E-state index contributed by atoms with van der Waals surface area (Å²) in [6.07, 6.45) is 0.514. The predicted octanol–water partition coefficient (Wildman–Crippen LogP) is 1.33. The van der Waals surface area contributed by atoms with Gasteiger partial charge in [-0.25, -0.2) is 8.42 Å². The van der Waals surface area contributed by atoms with Gasteiger partial charge in [-0.3, -0.25) is 4.79 Å². The summed E-state index contributed by atoms with van der Waals surface area (Å²) >= 11 is 4.44. The van der Waals surface area contributed by atoms with Crippen molar-refractivity contribution in [3.05, 3.63) is 15.4 Å². The van der Waals surface area contributed by atoms with E-state index in [0.717, 1.165) is 20.7 Å². The van der Waals surface area contributed by atoms with Gasteiger partial charge >= 0.3 is 0 Å². The van der Waals surface area contributed by atoms with Crippen molar-refractivity contribution in [1.82, 2.24) is 9.62 Å². The summed E-state index contributed by atoms with van der Waals surface area (Å²) in [7, 11) is -1.94. The lowest BCUT2D eigenvalue weighted by atomic mass is 10.3. The molecule has 0 aliphatic carbocycles. The molecule has 0 bridgehead atoms. The van der Waals surface area contributed by atoms with E-state index in [0.29, 0.717) is 13.0 Å².